The summed E-state index contributed by atoms with van der Waals surface area (Å²) in [6.07, 6.45) is -0.824. The van der Waals surface area contributed by atoms with Gasteiger partial charge in [-0.15, -0.1) is 0 Å². The first-order valence-electron chi connectivity index (χ1n) is 4.47. The molecule has 3 heteroatoms. The third kappa shape index (κ3) is 0.451. The molecule has 3 rings (SSSR count). The molecule has 0 unspecified atom stereocenters. The predicted molar refractivity (Wildman–Crippen MR) is 40.2 cm³/mol. The number of aliphatic hydroxyl groups excluding tert-OH is 2. The van der Waals surface area contributed by atoms with E-state index in [4.69, 9.17) is 0 Å². The molecule has 6 atom stereocenters. The van der Waals surface area contributed by atoms with Crippen LogP contribution in [0.25, 0.3) is 0 Å². The van der Waals surface area contributed by atoms with Crippen LogP contribution >= 0.6 is 0 Å². The fourth-order valence-electron chi connectivity index (χ4n) is 3.62. The summed E-state index contributed by atoms with van der Waals surface area (Å²) in [7, 11) is 0. The summed E-state index contributed by atoms with van der Waals surface area (Å²) >= 11 is 0. The van der Waals surface area contributed by atoms with Crippen LogP contribution in [0, 0.1) is 23.2 Å². The van der Waals surface area contributed by atoms with Gasteiger partial charge >= 0.3 is 0 Å². The summed E-state index contributed by atoms with van der Waals surface area (Å²) in [6, 6.07) is 0. The largest absolute Gasteiger partial charge is 0.390 e. The van der Waals surface area contributed by atoms with Crippen molar-refractivity contribution in [2.75, 3.05) is 0 Å². The molecule has 3 saturated carbocycles. The van der Waals surface area contributed by atoms with E-state index in [-0.39, 0.29) is 29.0 Å². The van der Waals surface area contributed by atoms with Crippen molar-refractivity contribution in [3.63, 3.8) is 0 Å². The quantitative estimate of drug-likeness (QED) is 0.515. The molecule has 3 aliphatic carbocycles. The molecule has 0 amide bonds. The van der Waals surface area contributed by atoms with Gasteiger partial charge in [0.2, 0.25) is 0 Å². The molecule has 0 bridgehead atoms. The number of carbonyl (C=O) groups excluding carboxylic acids is 1. The van der Waals surface area contributed by atoms with E-state index in [2.05, 4.69) is 0 Å². The van der Waals surface area contributed by atoms with Gasteiger partial charge in [-0.3, -0.25) is 4.79 Å². The van der Waals surface area contributed by atoms with Gasteiger partial charge < -0.3 is 10.2 Å². The second-order valence-electron chi connectivity index (χ2n) is 4.64. The summed E-state index contributed by atoms with van der Waals surface area (Å²) in [5.74, 6) is 0.668. The highest BCUT2D eigenvalue weighted by atomic mass is 16.3. The van der Waals surface area contributed by atoms with E-state index in [1.165, 1.54) is 0 Å². The lowest BCUT2D eigenvalue weighted by Gasteiger charge is -2.18. The topological polar surface area (TPSA) is 57.5 Å². The van der Waals surface area contributed by atoms with Crippen molar-refractivity contribution < 1.29 is 15.0 Å². The first-order chi connectivity index (χ1) is 5.58. The molecular formula is C9H12O3. The zero-order valence-corrected chi connectivity index (χ0v) is 6.90. The number of hydrogen-bond acceptors (Lipinski definition) is 3. The SMILES string of the molecule is C[C@@]12[C@@H]3[C@@H](CC(=O)[C@@H]31)[C@H](O)[C@H]2O. The molecule has 0 aromatic heterocycles. The van der Waals surface area contributed by atoms with Crippen LogP contribution in [-0.2, 0) is 4.79 Å². The van der Waals surface area contributed by atoms with E-state index < -0.39 is 12.2 Å². The number of carbonyl (C=O) groups is 1. The lowest BCUT2D eigenvalue weighted by molar-refractivity contribution is -0.120. The molecule has 0 heterocycles. The summed E-state index contributed by atoms with van der Waals surface area (Å²) in [4.78, 5) is 11.4. The average Bonchev–Trinajstić information content (AvgIpc) is 2.43. The molecule has 3 aliphatic rings. The summed E-state index contributed by atoms with van der Waals surface area (Å²) in [5, 5.41) is 19.2. The van der Waals surface area contributed by atoms with Gasteiger partial charge in [-0.05, 0) is 11.8 Å². The molecule has 0 saturated heterocycles. The summed E-state index contributed by atoms with van der Waals surface area (Å²) in [6.45, 7) is 1.92. The average molecular weight is 168 g/mol. The number of rotatable bonds is 0. The lowest BCUT2D eigenvalue weighted by atomic mass is 9.98. The van der Waals surface area contributed by atoms with Crippen LogP contribution in [-0.4, -0.2) is 28.2 Å². The van der Waals surface area contributed by atoms with Gasteiger partial charge in [-0.1, -0.05) is 6.92 Å². The van der Waals surface area contributed by atoms with Crippen LogP contribution in [0.1, 0.15) is 13.3 Å². The van der Waals surface area contributed by atoms with E-state index in [1.54, 1.807) is 0 Å². The van der Waals surface area contributed by atoms with Crippen LogP contribution in [0.4, 0.5) is 0 Å². The molecule has 66 valence electrons. The minimum atomic E-state index is -0.663. The van der Waals surface area contributed by atoms with Crippen molar-refractivity contribution >= 4 is 5.78 Å². The molecule has 0 aromatic carbocycles. The molecular weight excluding hydrogens is 156 g/mol. The fourth-order valence-corrected chi connectivity index (χ4v) is 3.62. The van der Waals surface area contributed by atoms with Crippen molar-refractivity contribution in [3.05, 3.63) is 0 Å². The van der Waals surface area contributed by atoms with Crippen LogP contribution in [0.15, 0.2) is 0 Å². The van der Waals surface area contributed by atoms with Gasteiger partial charge in [0.05, 0.1) is 12.2 Å². The normalized spacial score (nSPS) is 66.9. The maximum absolute atomic E-state index is 11.4. The van der Waals surface area contributed by atoms with Crippen LogP contribution in [0.5, 0.6) is 0 Å². The van der Waals surface area contributed by atoms with Gasteiger partial charge in [0.15, 0.2) is 0 Å². The van der Waals surface area contributed by atoms with Crippen molar-refractivity contribution in [2.45, 2.75) is 25.6 Å². The smallest absolute Gasteiger partial charge is 0.137 e. The number of Topliss-reactive ketones (excluding diaryl/α,β-unsaturated/α-hetero) is 1. The molecule has 3 nitrogen and oxygen atoms in total. The third-order valence-electron chi connectivity index (χ3n) is 4.28. The highest BCUT2D eigenvalue weighted by Gasteiger charge is 2.80. The second-order valence-corrected chi connectivity index (χ2v) is 4.64. The first kappa shape index (κ1) is 7.04. The Labute approximate surface area is 70.4 Å². The highest BCUT2D eigenvalue weighted by molar-refractivity contribution is 5.90. The monoisotopic (exact) mass is 168 g/mol. The Morgan fingerprint density at radius 1 is 1.50 bits per heavy atom. The van der Waals surface area contributed by atoms with Crippen LogP contribution in [0.3, 0.4) is 0 Å². The molecule has 2 N–H and O–H groups in total. The Morgan fingerprint density at radius 2 is 2.17 bits per heavy atom. The first-order valence-corrected chi connectivity index (χ1v) is 4.47. The molecule has 0 spiro atoms. The Morgan fingerprint density at radius 3 is 2.67 bits per heavy atom. The number of hydrogen-bond donors (Lipinski definition) is 2. The van der Waals surface area contributed by atoms with Gasteiger partial charge in [0, 0.05) is 17.8 Å². The van der Waals surface area contributed by atoms with Crippen molar-refractivity contribution in [1.29, 1.82) is 0 Å². The minimum Gasteiger partial charge on any atom is -0.390 e. The van der Waals surface area contributed by atoms with E-state index in [0.717, 1.165) is 0 Å². The maximum Gasteiger partial charge on any atom is 0.137 e. The second kappa shape index (κ2) is 1.61. The Bertz CT molecular complexity index is 275. The van der Waals surface area contributed by atoms with Gasteiger partial charge in [0.25, 0.3) is 0 Å². The van der Waals surface area contributed by atoms with E-state index in [9.17, 15) is 15.0 Å². The lowest BCUT2D eigenvalue weighted by Crippen LogP contribution is -2.31. The van der Waals surface area contributed by atoms with Crippen LogP contribution in [0.2, 0.25) is 0 Å². The molecule has 3 fully saturated rings. The van der Waals surface area contributed by atoms with Gasteiger partial charge in [-0.2, -0.15) is 0 Å². The number of ketones is 1. The van der Waals surface area contributed by atoms with E-state index >= 15 is 0 Å². The summed E-state index contributed by atoms with van der Waals surface area (Å²) in [5.41, 5.74) is -0.264. The Balaban J connectivity index is 2.07. The Kier molecular flexibility index (Phi) is 0.945. The maximum atomic E-state index is 11.4. The zero-order chi connectivity index (χ0) is 8.67. The van der Waals surface area contributed by atoms with Crippen LogP contribution < -0.4 is 0 Å². The van der Waals surface area contributed by atoms with E-state index in [1.807, 2.05) is 6.92 Å². The predicted octanol–water partition coefficient (Wildman–Crippen LogP) is -0.437. The van der Waals surface area contributed by atoms with Gasteiger partial charge in [-0.25, -0.2) is 0 Å². The van der Waals surface area contributed by atoms with Crippen molar-refractivity contribution in [1.82, 2.24) is 0 Å². The fraction of sp³-hybridized carbons (Fsp3) is 0.889. The van der Waals surface area contributed by atoms with Crippen molar-refractivity contribution in [3.8, 4) is 0 Å². The molecule has 0 radical (unpaired) electrons. The van der Waals surface area contributed by atoms with Gasteiger partial charge in [0.1, 0.15) is 5.78 Å². The molecule has 0 aromatic rings. The standard InChI is InChI=1S/C9H12O3/c1-9-5-3(7(11)8(9)12)2-4(10)6(5)9/h3,5-8,11-12H,2H2,1H3/t3-,5-,6+,7+,8-,9-/m1/s1. The number of aliphatic hydroxyl groups is 2. The molecule has 0 aliphatic heterocycles. The Hall–Kier alpha value is -0.410. The van der Waals surface area contributed by atoms with Crippen molar-refractivity contribution in [2.24, 2.45) is 23.2 Å². The summed E-state index contributed by atoms with van der Waals surface area (Å²) < 4.78 is 0. The number of fused-ring (bicyclic) bond motifs is 1. The highest BCUT2D eigenvalue weighted by Crippen LogP contribution is 2.75. The third-order valence-corrected chi connectivity index (χ3v) is 4.28. The zero-order valence-electron chi connectivity index (χ0n) is 6.90. The molecule has 12 heavy (non-hydrogen) atoms. The van der Waals surface area contributed by atoms with E-state index in [0.29, 0.717) is 6.42 Å². The minimum absolute atomic E-state index is 0.0579.